The van der Waals surface area contributed by atoms with E-state index < -0.39 is 0 Å². The highest BCUT2D eigenvalue weighted by Crippen LogP contribution is 2.65. The molecule has 0 aromatic carbocycles. The van der Waals surface area contributed by atoms with Crippen LogP contribution in [0.3, 0.4) is 0 Å². The van der Waals surface area contributed by atoms with Gasteiger partial charge in [0.25, 0.3) is 0 Å². The fourth-order valence-electron chi connectivity index (χ4n) is 31.0. The number of cyclic esters (lactones) is 9. The number of rotatable bonds is 24. The minimum Gasteiger partial charge on any atom is -0.465 e. The van der Waals surface area contributed by atoms with Gasteiger partial charge < -0.3 is 99.5 Å². The summed E-state index contributed by atoms with van der Waals surface area (Å²) < 4.78 is 117. The van der Waals surface area contributed by atoms with Crippen molar-refractivity contribution in [2.75, 3.05) is 99.1 Å². The third-order valence-corrected chi connectivity index (χ3v) is 46.3. The average molecular weight is 2090 g/mol. The van der Waals surface area contributed by atoms with Gasteiger partial charge in [-0.15, -0.1) is 0 Å². The molecule has 27 rings (SSSR count). The van der Waals surface area contributed by atoms with Crippen molar-refractivity contribution in [2.24, 2.45) is 104 Å². The van der Waals surface area contributed by atoms with Gasteiger partial charge in [-0.1, -0.05) is 36.3 Å². The van der Waals surface area contributed by atoms with Crippen molar-refractivity contribution in [1.29, 1.82) is 0 Å². The summed E-state index contributed by atoms with van der Waals surface area (Å²) >= 11 is 0. The summed E-state index contributed by atoms with van der Waals surface area (Å²) in [7, 11) is 11.2. The zero-order chi connectivity index (χ0) is 96.2. The highest BCUT2D eigenvalue weighted by molar-refractivity contribution is 6.13. The van der Waals surface area contributed by atoms with Crippen molar-refractivity contribution in [3.63, 3.8) is 0 Å². The van der Waals surface area contributed by atoms with E-state index in [0.717, 1.165) is 158 Å². The fraction of sp³-hybridized carbons (Fsp3) is 0.909. The predicted molar refractivity (Wildman–Crippen MR) is 534 cm³/mol. The molecule has 6 spiro atoms. The molecule has 21 aliphatic heterocycles. The molecule has 138 heavy (non-hydrogen) atoms. The number of esters is 9. The van der Waals surface area contributed by atoms with E-state index in [2.05, 4.69) is 0 Å². The third-order valence-electron chi connectivity index (χ3n) is 38.5. The third kappa shape index (κ3) is 20.4. The van der Waals surface area contributed by atoms with Gasteiger partial charge in [-0.2, -0.15) is 0 Å². The highest BCUT2D eigenvalue weighted by atomic mass is 28.2. The Morgan fingerprint density at radius 1 is 0.290 bits per heavy atom. The number of hydrogen-bond donors (Lipinski definition) is 0. The lowest BCUT2D eigenvalue weighted by Gasteiger charge is -2.36. The molecule has 0 aromatic heterocycles. The van der Waals surface area contributed by atoms with Crippen LogP contribution in [0.25, 0.3) is 0 Å². The zero-order valence-corrected chi connectivity index (χ0v) is 102. The van der Waals surface area contributed by atoms with Crippen LogP contribution in [-0.2, 0) is 143 Å². The Morgan fingerprint density at radius 3 is 1.14 bits per heavy atom. The predicted octanol–water partition coefficient (Wildman–Crippen LogP) is 0.147. The summed E-state index contributed by atoms with van der Waals surface area (Å²) in [5.74, 6) is 5.12. The first-order chi connectivity index (χ1) is 66.8. The summed E-state index contributed by atoms with van der Waals surface area (Å²) in [5.41, 5.74) is 1.89. The molecule has 21 saturated heterocycles. The summed E-state index contributed by atoms with van der Waals surface area (Å²) in [5, 5.41) is 0. The molecule has 27 fully saturated rings. The number of fused-ring (bicyclic) bond motifs is 33. The molecule has 30 nitrogen and oxygen atoms in total. The average Bonchev–Trinajstić information content (AvgIpc) is 1.56. The van der Waals surface area contributed by atoms with Gasteiger partial charge in [0.15, 0.2) is 0 Å². The largest absolute Gasteiger partial charge is 0.465 e. The monoisotopic (exact) mass is 2080 g/mol. The van der Waals surface area contributed by atoms with Crippen LogP contribution < -0.4 is 0 Å². The smallest absolute Gasteiger partial charge is 0.314 e. The second kappa shape index (κ2) is 44.2. The maximum atomic E-state index is 12.0. The van der Waals surface area contributed by atoms with E-state index in [1.165, 1.54) is 205 Å². The fourth-order valence-corrected chi connectivity index (χ4v) is 35.5. The topological polar surface area (TPSA) is 347 Å². The molecule has 774 valence electrons. The molecule has 6 saturated carbocycles. The maximum absolute atomic E-state index is 12.0. The van der Waals surface area contributed by atoms with Crippen LogP contribution >= 0.6 is 0 Å². The molecular weight excluding hydrogens is 1920 g/mol. The van der Waals surface area contributed by atoms with Crippen LogP contribution in [0.5, 0.6) is 0 Å². The van der Waals surface area contributed by atoms with E-state index >= 15 is 0 Å². The number of carbonyl (C=O) groups is 9. The molecule has 21 heterocycles. The van der Waals surface area contributed by atoms with Gasteiger partial charge in [0.05, 0.1) is 209 Å². The quantitative estimate of drug-likeness (QED) is 0.0537. The van der Waals surface area contributed by atoms with Gasteiger partial charge in [0, 0.05) is 204 Å². The van der Waals surface area contributed by atoms with Crippen LogP contribution in [0.1, 0.15) is 193 Å². The lowest BCUT2D eigenvalue weighted by molar-refractivity contribution is -0.152. The van der Waals surface area contributed by atoms with Gasteiger partial charge in [-0.25, -0.2) is 0 Å². The van der Waals surface area contributed by atoms with Gasteiger partial charge >= 0.3 is 53.7 Å². The minimum absolute atomic E-state index is 0.00318. The summed E-state index contributed by atoms with van der Waals surface area (Å²) in [6.45, 7) is 10.7. The van der Waals surface area contributed by atoms with E-state index in [1.807, 2.05) is 0 Å². The van der Waals surface area contributed by atoms with Crippen molar-refractivity contribution in [2.45, 2.75) is 355 Å². The van der Waals surface area contributed by atoms with Gasteiger partial charge in [-0.05, 0) is 187 Å². The maximum Gasteiger partial charge on any atom is 0.314 e. The second-order valence-electron chi connectivity index (χ2n) is 47.0. The molecule has 0 amide bonds. The van der Waals surface area contributed by atoms with E-state index in [-0.39, 0.29) is 177 Å². The number of hydrogen-bond acceptors (Lipinski definition) is 30. The first-order valence-electron chi connectivity index (χ1n) is 54.9. The van der Waals surface area contributed by atoms with Crippen molar-refractivity contribution in [3.05, 3.63) is 0 Å². The summed E-state index contributed by atoms with van der Waals surface area (Å²) in [4.78, 5) is 104. The van der Waals surface area contributed by atoms with E-state index in [4.69, 9.17) is 99.5 Å². The normalized spacial score (nSPS) is 47.0. The summed E-state index contributed by atoms with van der Waals surface area (Å²) in [6.07, 6.45) is 35.3. The van der Waals surface area contributed by atoms with Gasteiger partial charge in [0.2, 0.25) is 0 Å². The lowest BCUT2D eigenvalue weighted by atomic mass is 9.71. The molecule has 39 unspecified atom stereocenters. The first kappa shape index (κ1) is 103. The van der Waals surface area contributed by atoms with Crippen LogP contribution in [-0.4, -0.2) is 355 Å². The SMILES string of the molecule is O=C1CC2(CO1)CC1CC(OCCC[SiH3])C2C1.O=C1CC2(CO1)CC1OC2CC1OCCC[SiH3].O=C1CC2(CO1)CC1OC2CC1[SiH3].O=C1OCC2C3CC(OCCC[SiH3])C(C3)C12.O=C1OCC2C3OC(CC3OCCC[SiH3])C12.O=C1OCC2C3OC(CC3[SiH3])C12.O=C1OCCC12CC1CC(OCCC[SiH3])C2C1.O=C1OCCC12CC1OC2CC1OCCC[SiH3].O=C1OCCC12CC1OC2CC1[SiH3]. The minimum atomic E-state index is -0.317. The Labute approximate surface area is 841 Å². The van der Waals surface area contributed by atoms with Crippen molar-refractivity contribution in [1.82, 2.24) is 0 Å². The number of ether oxygens (including phenoxy) is 21. The Bertz CT molecular complexity index is 4300. The van der Waals surface area contributed by atoms with Gasteiger partial charge in [0.1, 0.15) is 13.2 Å². The van der Waals surface area contributed by atoms with Crippen LogP contribution in [0.4, 0.5) is 0 Å². The molecule has 0 aromatic rings. The van der Waals surface area contributed by atoms with E-state index in [0.29, 0.717) is 163 Å². The van der Waals surface area contributed by atoms with Crippen molar-refractivity contribution >= 4 is 146 Å². The summed E-state index contributed by atoms with van der Waals surface area (Å²) in [6, 6.07) is 7.83. The van der Waals surface area contributed by atoms with E-state index in [1.54, 1.807) is 0 Å². The van der Waals surface area contributed by atoms with E-state index in [9.17, 15) is 43.2 Å². The first-order valence-corrected chi connectivity index (χ1v) is 66.9. The lowest BCUT2D eigenvalue weighted by Crippen LogP contribution is -2.41. The molecule has 6 aliphatic carbocycles. The highest BCUT2D eigenvalue weighted by Gasteiger charge is 2.70. The van der Waals surface area contributed by atoms with Crippen LogP contribution in [0.2, 0.25) is 52.9 Å². The van der Waals surface area contributed by atoms with Crippen LogP contribution in [0.15, 0.2) is 0 Å². The Hall–Kier alpha value is -3.30. The Balaban J connectivity index is 0.0000000994. The zero-order valence-electron chi connectivity index (χ0n) is 83.9. The second-order valence-corrected chi connectivity index (χ2v) is 57.5. The molecule has 18 bridgehead atoms. The molecule has 39 heteroatoms. The van der Waals surface area contributed by atoms with Crippen molar-refractivity contribution in [3.8, 4) is 0 Å². The van der Waals surface area contributed by atoms with Crippen LogP contribution in [0, 0.1) is 104 Å². The van der Waals surface area contributed by atoms with Crippen molar-refractivity contribution < 1.29 is 143 Å². The molecule has 0 N–H and O–H groups in total. The van der Waals surface area contributed by atoms with Gasteiger partial charge in [-0.3, -0.25) is 43.2 Å². The molecular formula is C99H162O30Si9. The molecule has 39 atom stereocenters. The Morgan fingerprint density at radius 2 is 0.688 bits per heavy atom. The number of carbonyl (C=O) groups excluding carboxylic acids is 9. The molecule has 27 aliphatic rings. The standard InChI is InChI=1S/2C13H22O3Si.2C12H20O4Si.C12H20O3Si.C11H18O4Si.2C9H14O3Si.C8H12O3Si/c14-12-13(2-4-16-12)8-9-6-10(13)11(7-9)15-3-1-5-17;14-12-7-13(8-16-12)6-9-4-10(13)11(5-9)15-2-1-3-17;13-11-12(2-4-15-11)7-9-8(6-10(12)16-9)14-3-1-5-17;13-11-6-12(7-15-11)5-9-8(4-10(12)16-9)14-2-1-3-17;13-12-11-8-4-7(9(11)6-15-12)5-10(8)14-2-1-3-16;12-11-9-6(5-14-11)10-8(4-7(9)15-10)13-2-1-3-16;10-8-3-9(4-11-8)2-5-6(13)1-7(9)12-5;10-8-9(1-2-11-8)4-5-6(13)3-7(9)12-5;9-8-6-3(2-10-8)7-5(12)1-4(6)11-7/h2*9-11H,1-8H2,17H3;2*8-10H,1-7H2,17H3;7-11H,1-6H2,16H3;6-10H,1-5H2,16H3;2*5-7H,1-4H2,13H3;3-7H,1-2H2,12H3. The Kier molecular flexibility index (Phi) is 33.1. The molecule has 0 radical (unpaired) electrons.